The maximum absolute atomic E-state index is 7.61. The Bertz CT molecular complexity index is 2130. The molecule has 0 amide bonds. The van der Waals surface area contributed by atoms with Gasteiger partial charge >= 0.3 is 0 Å². The SMILES string of the molecule is [2H]C([2H])([2H])c1ccc(-c2ccc3c(c2)c2cccc4c5ccc6oc7ccccc7c6c5n3c24)nc1. The third-order valence-electron chi connectivity index (χ3n) is 6.88. The third kappa shape index (κ3) is 2.12. The van der Waals surface area contributed by atoms with Crippen LogP contribution in [-0.2, 0) is 0 Å². The average molecular weight is 426 g/mol. The topological polar surface area (TPSA) is 30.4 Å². The van der Waals surface area contributed by atoms with Crippen LogP contribution in [0.4, 0.5) is 0 Å². The Hall–Kier alpha value is -4.37. The van der Waals surface area contributed by atoms with Crippen molar-refractivity contribution in [2.75, 3.05) is 0 Å². The number of para-hydroxylation sites is 2. The molecular weight excluding hydrogens is 404 g/mol. The summed E-state index contributed by atoms with van der Waals surface area (Å²) in [6.07, 6.45) is 1.45. The van der Waals surface area contributed by atoms with Gasteiger partial charge in [-0.2, -0.15) is 0 Å². The summed E-state index contributed by atoms with van der Waals surface area (Å²) < 4.78 is 31.4. The summed E-state index contributed by atoms with van der Waals surface area (Å²) in [5, 5.41) is 6.99. The highest BCUT2D eigenvalue weighted by molar-refractivity contribution is 6.30. The standard InChI is InChI=1S/C30H18N2O/c1-17-9-12-24(31-16-17)18-10-13-25-23(15-18)20-7-4-6-19-21-11-14-27-28(30(21)32(25)29(19)20)22-5-2-3-8-26(22)33-27/h2-16H,1H3/i1D3. The van der Waals surface area contributed by atoms with E-state index < -0.39 is 6.85 Å². The fourth-order valence-corrected chi connectivity index (χ4v) is 5.49. The van der Waals surface area contributed by atoms with Gasteiger partial charge in [-0.05, 0) is 48.8 Å². The van der Waals surface area contributed by atoms with E-state index in [1.54, 1.807) is 12.1 Å². The summed E-state index contributed by atoms with van der Waals surface area (Å²) in [6, 6.07) is 28.7. The van der Waals surface area contributed by atoms with Crippen molar-refractivity contribution in [3.8, 4) is 11.3 Å². The minimum atomic E-state index is -2.16. The summed E-state index contributed by atoms with van der Waals surface area (Å²) >= 11 is 0. The van der Waals surface area contributed by atoms with Crippen LogP contribution in [-0.4, -0.2) is 9.38 Å². The molecule has 0 bridgehead atoms. The molecule has 8 aromatic rings. The van der Waals surface area contributed by atoms with Gasteiger partial charge in [0.25, 0.3) is 0 Å². The zero-order valence-corrected chi connectivity index (χ0v) is 17.5. The molecule has 0 unspecified atom stereocenters. The largest absolute Gasteiger partial charge is 0.456 e. The summed E-state index contributed by atoms with van der Waals surface area (Å²) in [5.74, 6) is 0. The molecule has 0 aliphatic carbocycles. The minimum absolute atomic E-state index is 0.246. The molecular formula is C30H18N2O. The second-order valence-electron chi connectivity index (χ2n) is 8.63. The highest BCUT2D eigenvalue weighted by Crippen LogP contribution is 2.44. The highest BCUT2D eigenvalue weighted by atomic mass is 16.3. The number of nitrogens with zero attached hydrogens (tertiary/aromatic N) is 2. The van der Waals surface area contributed by atoms with E-state index in [2.05, 4.69) is 70.0 Å². The first-order valence-corrected chi connectivity index (χ1v) is 11.0. The van der Waals surface area contributed by atoms with Gasteiger partial charge in [0.05, 0.1) is 27.6 Å². The molecule has 0 aliphatic heterocycles. The number of furan rings is 1. The maximum atomic E-state index is 7.61. The molecule has 0 N–H and O–H groups in total. The van der Waals surface area contributed by atoms with Crippen LogP contribution in [0.25, 0.3) is 71.3 Å². The van der Waals surface area contributed by atoms with Crippen molar-refractivity contribution in [2.24, 2.45) is 0 Å². The number of rotatable bonds is 1. The fraction of sp³-hybridized carbons (Fsp3) is 0.0333. The number of benzene rings is 4. The molecule has 3 heteroatoms. The number of pyridine rings is 1. The van der Waals surface area contributed by atoms with Crippen LogP contribution in [0.3, 0.4) is 0 Å². The molecule has 0 aliphatic rings. The van der Waals surface area contributed by atoms with Crippen LogP contribution in [0.5, 0.6) is 0 Å². The van der Waals surface area contributed by atoms with Crippen LogP contribution in [0.15, 0.2) is 95.5 Å². The fourth-order valence-electron chi connectivity index (χ4n) is 5.49. The van der Waals surface area contributed by atoms with Gasteiger partial charge in [0.2, 0.25) is 0 Å². The number of fused-ring (bicyclic) bond motifs is 10. The molecule has 8 rings (SSSR count). The predicted molar refractivity (Wildman–Crippen MR) is 136 cm³/mol. The maximum Gasteiger partial charge on any atom is 0.137 e. The summed E-state index contributed by atoms with van der Waals surface area (Å²) in [6.45, 7) is -2.16. The van der Waals surface area contributed by atoms with Crippen molar-refractivity contribution >= 4 is 60.0 Å². The lowest BCUT2D eigenvalue weighted by molar-refractivity contribution is 0.669. The average Bonchev–Trinajstić information content (AvgIpc) is 3.54. The number of hydrogen-bond acceptors (Lipinski definition) is 2. The van der Waals surface area contributed by atoms with Gasteiger partial charge in [-0.15, -0.1) is 0 Å². The molecule has 33 heavy (non-hydrogen) atoms. The Morgan fingerprint density at radius 1 is 0.727 bits per heavy atom. The van der Waals surface area contributed by atoms with Crippen molar-refractivity contribution < 1.29 is 8.53 Å². The molecule has 4 heterocycles. The Kier molecular flexibility index (Phi) is 2.62. The second kappa shape index (κ2) is 5.90. The summed E-state index contributed by atoms with van der Waals surface area (Å²) in [4.78, 5) is 4.47. The van der Waals surface area contributed by atoms with Gasteiger partial charge < -0.3 is 8.82 Å². The zero-order valence-electron chi connectivity index (χ0n) is 20.5. The van der Waals surface area contributed by atoms with Gasteiger partial charge in [-0.1, -0.05) is 48.5 Å². The molecule has 4 aromatic carbocycles. The molecule has 0 spiro atoms. The molecule has 0 fully saturated rings. The third-order valence-corrected chi connectivity index (χ3v) is 6.88. The quantitative estimate of drug-likeness (QED) is 0.266. The van der Waals surface area contributed by atoms with Gasteiger partial charge in [0.1, 0.15) is 11.2 Å². The van der Waals surface area contributed by atoms with Gasteiger partial charge in [-0.3, -0.25) is 4.98 Å². The molecule has 0 atom stereocenters. The van der Waals surface area contributed by atoms with Gasteiger partial charge in [-0.25, -0.2) is 0 Å². The molecule has 0 saturated carbocycles. The van der Waals surface area contributed by atoms with Crippen molar-refractivity contribution in [3.63, 3.8) is 0 Å². The van der Waals surface area contributed by atoms with E-state index in [0.29, 0.717) is 0 Å². The van der Waals surface area contributed by atoms with Crippen molar-refractivity contribution in [1.82, 2.24) is 9.38 Å². The normalized spacial score (nSPS) is 14.1. The first-order chi connectivity index (χ1) is 17.5. The van der Waals surface area contributed by atoms with E-state index in [-0.39, 0.29) is 5.56 Å². The Morgan fingerprint density at radius 2 is 1.58 bits per heavy atom. The molecule has 0 saturated heterocycles. The predicted octanol–water partition coefficient (Wildman–Crippen LogP) is 8.11. The Labute approximate surface area is 193 Å². The van der Waals surface area contributed by atoms with Crippen LogP contribution < -0.4 is 0 Å². The van der Waals surface area contributed by atoms with Crippen LogP contribution in [0.1, 0.15) is 9.68 Å². The van der Waals surface area contributed by atoms with Crippen LogP contribution in [0.2, 0.25) is 0 Å². The van der Waals surface area contributed by atoms with E-state index in [9.17, 15) is 0 Å². The lowest BCUT2D eigenvalue weighted by atomic mass is 10.0. The van der Waals surface area contributed by atoms with E-state index in [4.69, 9.17) is 8.53 Å². The summed E-state index contributed by atoms with van der Waals surface area (Å²) in [5.41, 5.74) is 7.20. The monoisotopic (exact) mass is 425 g/mol. The van der Waals surface area contributed by atoms with Crippen molar-refractivity contribution in [2.45, 2.75) is 6.85 Å². The van der Waals surface area contributed by atoms with E-state index in [0.717, 1.165) is 49.6 Å². The molecule has 154 valence electrons. The highest BCUT2D eigenvalue weighted by Gasteiger charge is 2.21. The number of aryl methyl sites for hydroxylation is 1. The van der Waals surface area contributed by atoms with E-state index >= 15 is 0 Å². The molecule has 0 radical (unpaired) electrons. The van der Waals surface area contributed by atoms with E-state index in [1.165, 1.54) is 27.9 Å². The smallest absolute Gasteiger partial charge is 0.137 e. The summed E-state index contributed by atoms with van der Waals surface area (Å²) in [7, 11) is 0. The second-order valence-corrected chi connectivity index (χ2v) is 8.63. The van der Waals surface area contributed by atoms with Crippen LogP contribution >= 0.6 is 0 Å². The first-order valence-electron chi connectivity index (χ1n) is 12.5. The van der Waals surface area contributed by atoms with Gasteiger partial charge in [0.15, 0.2) is 0 Å². The van der Waals surface area contributed by atoms with Crippen molar-refractivity contribution in [1.29, 1.82) is 0 Å². The van der Waals surface area contributed by atoms with E-state index in [1.807, 2.05) is 12.1 Å². The lowest BCUT2D eigenvalue weighted by Gasteiger charge is -2.04. The Balaban J connectivity index is 1.48. The van der Waals surface area contributed by atoms with Crippen molar-refractivity contribution in [3.05, 3.63) is 96.7 Å². The molecule has 4 aromatic heterocycles. The molecule has 3 nitrogen and oxygen atoms in total. The number of aromatic nitrogens is 2. The minimum Gasteiger partial charge on any atom is -0.456 e. The first kappa shape index (κ1) is 14.6. The Morgan fingerprint density at radius 3 is 2.45 bits per heavy atom. The van der Waals surface area contributed by atoms with Crippen LogP contribution in [0, 0.1) is 6.85 Å². The van der Waals surface area contributed by atoms with Gasteiger partial charge in [0, 0.05) is 42.8 Å². The zero-order chi connectivity index (χ0) is 24.2. The number of hydrogen-bond donors (Lipinski definition) is 0. The lowest BCUT2D eigenvalue weighted by Crippen LogP contribution is -1.85.